The maximum atomic E-state index is 5.48. The highest BCUT2D eigenvalue weighted by Gasteiger charge is 2.18. The molecule has 6 nitrogen and oxygen atoms in total. The summed E-state index contributed by atoms with van der Waals surface area (Å²) in [5.74, 6) is 0.771. The fraction of sp³-hybridized carbons (Fsp3) is 0.167. The Morgan fingerprint density at radius 2 is 2.05 bits per heavy atom. The first-order chi connectivity index (χ1) is 9.25. The molecule has 0 amide bonds. The van der Waals surface area contributed by atoms with Crippen molar-refractivity contribution in [1.82, 2.24) is 25.9 Å². The Morgan fingerprint density at radius 3 is 2.74 bits per heavy atom. The van der Waals surface area contributed by atoms with Crippen LogP contribution < -0.4 is 11.1 Å². The topological polar surface area (TPSA) is 60.4 Å². The molecule has 1 aliphatic heterocycles. The van der Waals surface area contributed by atoms with Crippen molar-refractivity contribution in [1.29, 1.82) is 0 Å². The van der Waals surface area contributed by atoms with Crippen LogP contribution in [0.2, 0.25) is 0 Å². The molecular weight excluding hydrogens is 260 g/mol. The second kappa shape index (κ2) is 4.87. The van der Waals surface area contributed by atoms with E-state index in [0.29, 0.717) is 0 Å². The van der Waals surface area contributed by atoms with E-state index >= 15 is 0 Å². The van der Waals surface area contributed by atoms with E-state index in [1.807, 2.05) is 36.1 Å². The van der Waals surface area contributed by atoms with Gasteiger partial charge in [0.05, 0.1) is 12.1 Å². The first kappa shape index (κ1) is 11.9. The molecule has 19 heavy (non-hydrogen) atoms. The standard InChI is InChI=1S/C12H14N6S/c1-17-11(14-15-16-17)10-7-13-18(12(10)19)8-9-5-3-2-4-6-9/h2-7,13,15-16H,8H2,1H3. The number of hydrogen-bond acceptors (Lipinski definition) is 5. The Balaban J connectivity index is 1.90. The van der Waals surface area contributed by atoms with Gasteiger partial charge in [0.15, 0.2) is 5.84 Å². The predicted octanol–water partition coefficient (Wildman–Crippen LogP) is 1.21. The summed E-state index contributed by atoms with van der Waals surface area (Å²) in [7, 11) is 1.88. The molecule has 1 aromatic carbocycles. The molecule has 7 heteroatoms. The van der Waals surface area contributed by atoms with Gasteiger partial charge in [-0.3, -0.25) is 9.69 Å². The summed E-state index contributed by atoms with van der Waals surface area (Å²) in [6.07, 6.45) is 1.87. The van der Waals surface area contributed by atoms with Gasteiger partial charge in [-0.1, -0.05) is 42.5 Å². The number of nitrogens with zero attached hydrogens (tertiary/aromatic N) is 3. The quantitative estimate of drug-likeness (QED) is 0.736. The number of hydrogen-bond donors (Lipinski definition) is 3. The van der Waals surface area contributed by atoms with Crippen molar-refractivity contribution in [3.05, 3.63) is 52.3 Å². The lowest BCUT2D eigenvalue weighted by atomic mass is 10.2. The van der Waals surface area contributed by atoms with Crippen LogP contribution in [0.5, 0.6) is 0 Å². The number of aromatic amines is 1. The number of nitrogens with one attached hydrogen (secondary N) is 3. The number of rotatable bonds is 3. The Labute approximate surface area is 115 Å². The number of aromatic nitrogens is 2. The van der Waals surface area contributed by atoms with Crippen LogP contribution >= 0.6 is 12.2 Å². The van der Waals surface area contributed by atoms with Crippen molar-refractivity contribution in [3.63, 3.8) is 0 Å². The summed E-state index contributed by atoms with van der Waals surface area (Å²) in [6.45, 7) is 0.720. The molecule has 1 aromatic heterocycles. The van der Waals surface area contributed by atoms with Crippen LogP contribution in [-0.2, 0) is 6.54 Å². The molecule has 2 aromatic rings. The second-order valence-electron chi connectivity index (χ2n) is 4.28. The third kappa shape index (κ3) is 2.25. The Morgan fingerprint density at radius 1 is 1.26 bits per heavy atom. The zero-order valence-electron chi connectivity index (χ0n) is 10.4. The largest absolute Gasteiger partial charge is 0.304 e. The molecule has 0 radical (unpaired) electrons. The first-order valence-electron chi connectivity index (χ1n) is 5.90. The third-order valence-electron chi connectivity index (χ3n) is 2.96. The predicted molar refractivity (Wildman–Crippen MR) is 75.7 cm³/mol. The van der Waals surface area contributed by atoms with Gasteiger partial charge in [-0.2, -0.15) is 0 Å². The molecule has 98 valence electrons. The zero-order chi connectivity index (χ0) is 13.2. The minimum absolute atomic E-state index is 0.720. The monoisotopic (exact) mass is 274 g/mol. The van der Waals surface area contributed by atoms with Crippen molar-refractivity contribution >= 4 is 18.1 Å². The third-order valence-corrected chi connectivity index (χ3v) is 3.40. The van der Waals surface area contributed by atoms with Gasteiger partial charge in [-0.25, -0.2) is 5.53 Å². The van der Waals surface area contributed by atoms with Crippen LogP contribution in [-0.4, -0.2) is 27.7 Å². The summed E-state index contributed by atoms with van der Waals surface area (Å²) in [5.41, 5.74) is 7.66. The van der Waals surface area contributed by atoms with E-state index in [0.717, 1.165) is 22.6 Å². The number of hydrazine groups is 2. The Kier molecular flexibility index (Phi) is 3.06. The van der Waals surface area contributed by atoms with E-state index in [1.165, 1.54) is 5.56 Å². The SMILES string of the molecule is CN1NNN=C1c1c[nH]n(Cc2ccccc2)c1=S. The molecule has 3 N–H and O–H groups in total. The molecule has 0 atom stereocenters. The molecule has 0 saturated heterocycles. The highest BCUT2D eigenvalue weighted by molar-refractivity contribution is 7.71. The normalized spacial score (nSPS) is 14.4. The molecule has 0 spiro atoms. The smallest absolute Gasteiger partial charge is 0.177 e. The number of hydrazone groups is 1. The highest BCUT2D eigenvalue weighted by atomic mass is 32.1. The molecule has 0 aliphatic carbocycles. The van der Waals surface area contributed by atoms with Crippen LogP contribution in [0.15, 0.2) is 41.6 Å². The van der Waals surface area contributed by atoms with Crippen LogP contribution in [0.4, 0.5) is 0 Å². The minimum atomic E-state index is 0.720. The van der Waals surface area contributed by atoms with E-state index < -0.39 is 0 Å². The maximum absolute atomic E-state index is 5.48. The Bertz CT molecular complexity index is 656. The number of H-pyrrole nitrogens is 1. The summed E-state index contributed by atoms with van der Waals surface area (Å²) in [5, 5.41) is 9.10. The van der Waals surface area contributed by atoms with Gasteiger partial charge in [0.2, 0.25) is 0 Å². The molecule has 0 saturated carbocycles. The summed E-state index contributed by atoms with van der Waals surface area (Å²) < 4.78 is 2.66. The molecule has 0 fully saturated rings. The summed E-state index contributed by atoms with van der Waals surface area (Å²) in [4.78, 5) is 0. The van der Waals surface area contributed by atoms with Gasteiger partial charge in [-0.15, -0.1) is 10.6 Å². The lowest BCUT2D eigenvalue weighted by Crippen LogP contribution is -2.37. The van der Waals surface area contributed by atoms with Crippen LogP contribution in [0.1, 0.15) is 11.1 Å². The average Bonchev–Trinajstić information content (AvgIpc) is 2.98. The van der Waals surface area contributed by atoms with Crippen LogP contribution in [0.3, 0.4) is 0 Å². The average molecular weight is 274 g/mol. The molecule has 0 unspecified atom stereocenters. The van der Waals surface area contributed by atoms with E-state index in [2.05, 4.69) is 33.4 Å². The lowest BCUT2D eigenvalue weighted by Gasteiger charge is -2.10. The maximum Gasteiger partial charge on any atom is 0.177 e. The van der Waals surface area contributed by atoms with Gasteiger partial charge in [-0.05, 0) is 5.56 Å². The Hall–Kier alpha value is -2.12. The molecule has 0 bridgehead atoms. The minimum Gasteiger partial charge on any atom is -0.304 e. The molecule has 2 heterocycles. The van der Waals surface area contributed by atoms with Crippen molar-refractivity contribution < 1.29 is 0 Å². The molecular formula is C12H14N6S. The highest BCUT2D eigenvalue weighted by Crippen LogP contribution is 2.10. The first-order valence-corrected chi connectivity index (χ1v) is 6.31. The van der Waals surface area contributed by atoms with Gasteiger partial charge < -0.3 is 5.10 Å². The van der Waals surface area contributed by atoms with E-state index in [-0.39, 0.29) is 0 Å². The van der Waals surface area contributed by atoms with Crippen LogP contribution in [0, 0.1) is 4.64 Å². The van der Waals surface area contributed by atoms with E-state index in [4.69, 9.17) is 12.2 Å². The zero-order valence-corrected chi connectivity index (χ0v) is 11.2. The van der Waals surface area contributed by atoms with Gasteiger partial charge >= 0.3 is 0 Å². The van der Waals surface area contributed by atoms with Gasteiger partial charge in [0.1, 0.15) is 4.64 Å². The molecule has 3 rings (SSSR count). The summed E-state index contributed by atoms with van der Waals surface area (Å²) in [6, 6.07) is 10.2. The van der Waals surface area contributed by atoms with E-state index in [1.54, 1.807) is 5.01 Å². The number of amidine groups is 1. The van der Waals surface area contributed by atoms with Crippen molar-refractivity contribution in [2.24, 2.45) is 5.10 Å². The van der Waals surface area contributed by atoms with Gasteiger partial charge in [0.25, 0.3) is 0 Å². The fourth-order valence-corrected chi connectivity index (χ4v) is 2.24. The van der Waals surface area contributed by atoms with Crippen molar-refractivity contribution in [2.75, 3.05) is 7.05 Å². The van der Waals surface area contributed by atoms with Gasteiger partial charge in [0, 0.05) is 13.2 Å². The second-order valence-corrected chi connectivity index (χ2v) is 4.67. The summed E-state index contributed by atoms with van der Waals surface area (Å²) >= 11 is 5.48. The van der Waals surface area contributed by atoms with Crippen LogP contribution in [0.25, 0.3) is 0 Å². The number of benzene rings is 1. The van der Waals surface area contributed by atoms with Crippen molar-refractivity contribution in [3.8, 4) is 0 Å². The van der Waals surface area contributed by atoms with E-state index in [9.17, 15) is 0 Å². The van der Waals surface area contributed by atoms with Crippen molar-refractivity contribution in [2.45, 2.75) is 6.54 Å². The fourth-order valence-electron chi connectivity index (χ4n) is 1.97. The molecule has 1 aliphatic rings. The lowest BCUT2D eigenvalue weighted by molar-refractivity contribution is 0.349.